The van der Waals surface area contributed by atoms with Crippen molar-refractivity contribution in [2.45, 2.75) is 38.4 Å². The van der Waals surface area contributed by atoms with Gasteiger partial charge in [-0.25, -0.2) is 34.6 Å². The summed E-state index contributed by atoms with van der Waals surface area (Å²) in [5.74, 6) is 0.620. The van der Waals surface area contributed by atoms with Crippen molar-refractivity contribution in [3.05, 3.63) is 59.8 Å². The van der Waals surface area contributed by atoms with Gasteiger partial charge in [0.25, 0.3) is 5.82 Å². The lowest BCUT2D eigenvalue weighted by Gasteiger charge is -2.13. The molecular weight excluding hydrogens is 501 g/mol. The van der Waals surface area contributed by atoms with Gasteiger partial charge in [0.2, 0.25) is 5.88 Å². The molecule has 0 bridgehead atoms. The molecule has 14 heteroatoms. The molecule has 0 spiro atoms. The number of nitrogens with one attached hydrogen (secondary N) is 2. The molecule has 38 heavy (non-hydrogen) atoms. The van der Waals surface area contributed by atoms with Crippen molar-refractivity contribution < 1.29 is 17.9 Å². The smallest absolute Gasteiger partial charge is 0.453 e. The van der Waals surface area contributed by atoms with E-state index in [2.05, 4.69) is 40.3 Å². The molecule has 5 aromatic rings. The van der Waals surface area contributed by atoms with Crippen molar-refractivity contribution in [3.63, 3.8) is 0 Å². The summed E-state index contributed by atoms with van der Waals surface area (Å²) < 4.78 is 45.6. The Morgan fingerprint density at radius 2 is 1.87 bits per heavy atom. The predicted molar refractivity (Wildman–Crippen MR) is 130 cm³/mol. The number of halogens is 3. The summed E-state index contributed by atoms with van der Waals surface area (Å²) in [6, 6.07) is 6.96. The van der Waals surface area contributed by atoms with Gasteiger partial charge in [-0.3, -0.25) is 0 Å². The van der Waals surface area contributed by atoms with Gasteiger partial charge in [-0.1, -0.05) is 12.1 Å². The predicted octanol–water partition coefficient (Wildman–Crippen LogP) is 4.22. The number of ether oxygens (including phenoxy) is 1. The minimum Gasteiger partial charge on any atom is -0.480 e. The van der Waals surface area contributed by atoms with E-state index in [0.717, 1.165) is 28.8 Å². The van der Waals surface area contributed by atoms with Gasteiger partial charge in [-0.2, -0.15) is 13.2 Å². The van der Waals surface area contributed by atoms with Gasteiger partial charge in [0.1, 0.15) is 23.2 Å². The Morgan fingerprint density at radius 3 is 2.55 bits per heavy atom. The topological polar surface area (TPSA) is 132 Å². The van der Waals surface area contributed by atoms with E-state index in [1.165, 1.54) is 13.3 Å². The van der Waals surface area contributed by atoms with Gasteiger partial charge >= 0.3 is 6.18 Å². The molecule has 1 aliphatic rings. The third kappa shape index (κ3) is 4.37. The average Bonchev–Trinajstić information content (AvgIpc) is 3.51. The Morgan fingerprint density at radius 1 is 1.08 bits per heavy atom. The molecule has 0 saturated heterocycles. The Hall–Kier alpha value is -4.62. The van der Waals surface area contributed by atoms with E-state index in [-0.39, 0.29) is 5.82 Å². The van der Waals surface area contributed by atoms with E-state index >= 15 is 0 Å². The molecule has 0 radical (unpaired) electrons. The van der Waals surface area contributed by atoms with Crippen LogP contribution in [-0.4, -0.2) is 51.8 Å². The molecule has 0 atom stereocenters. The van der Waals surface area contributed by atoms with Crippen LogP contribution < -0.4 is 10.1 Å². The molecule has 11 nitrogen and oxygen atoms in total. The molecule has 0 aliphatic heterocycles. The first-order chi connectivity index (χ1) is 18.3. The number of hydrogen-bond donors (Lipinski definition) is 2. The van der Waals surface area contributed by atoms with E-state index in [4.69, 9.17) is 9.72 Å². The largest absolute Gasteiger partial charge is 0.480 e. The number of methoxy groups -OCH3 is 1. The summed E-state index contributed by atoms with van der Waals surface area (Å²) in [6.45, 7) is 1.86. The number of hydrogen-bond acceptors (Lipinski definition) is 9. The monoisotopic (exact) mass is 522 g/mol. The standard InChI is InChI=1S/C24H21F3N10O/c1-12-33-23(24(25,26)27)36-37(12)15-7-3-13(4-8-15)9-28-20-18-21(31-10-30-18)35-19(34-20)16-17(14-5-6-14)29-11-32-22(16)38-2/h3-4,7-8,10-11,14H,5-6,9H2,1-2H3,(H2,28,30,31,34,35). The zero-order chi connectivity index (χ0) is 26.4. The molecule has 194 valence electrons. The van der Waals surface area contributed by atoms with E-state index in [0.29, 0.717) is 52.4 Å². The fourth-order valence-corrected chi connectivity index (χ4v) is 4.18. The van der Waals surface area contributed by atoms with Crippen LogP contribution in [-0.2, 0) is 12.7 Å². The number of anilines is 1. The molecule has 1 aliphatic carbocycles. The lowest BCUT2D eigenvalue weighted by atomic mass is 10.1. The van der Waals surface area contributed by atoms with Crippen LogP contribution in [0, 0.1) is 6.92 Å². The maximum Gasteiger partial charge on any atom is 0.453 e. The van der Waals surface area contributed by atoms with Crippen molar-refractivity contribution in [1.29, 1.82) is 0 Å². The Balaban J connectivity index is 1.28. The highest BCUT2D eigenvalue weighted by atomic mass is 19.4. The molecule has 1 saturated carbocycles. The van der Waals surface area contributed by atoms with Crippen LogP contribution in [0.2, 0.25) is 0 Å². The van der Waals surface area contributed by atoms with Crippen LogP contribution in [0.3, 0.4) is 0 Å². The highest BCUT2D eigenvalue weighted by molar-refractivity contribution is 5.85. The highest BCUT2D eigenvalue weighted by Gasteiger charge is 2.37. The molecule has 2 N–H and O–H groups in total. The van der Waals surface area contributed by atoms with E-state index in [1.807, 2.05) is 0 Å². The number of aromatic amines is 1. The van der Waals surface area contributed by atoms with Crippen molar-refractivity contribution in [2.24, 2.45) is 0 Å². The van der Waals surface area contributed by atoms with E-state index in [1.54, 1.807) is 37.7 Å². The second-order valence-corrected chi connectivity index (χ2v) is 8.83. The van der Waals surface area contributed by atoms with Crippen molar-refractivity contribution in [3.8, 4) is 23.0 Å². The molecule has 4 heterocycles. The van der Waals surface area contributed by atoms with Crippen LogP contribution in [0.4, 0.5) is 19.0 Å². The number of rotatable bonds is 7. The third-order valence-corrected chi connectivity index (χ3v) is 6.17. The Labute approximate surface area is 213 Å². The number of aromatic nitrogens is 9. The molecule has 6 rings (SSSR count). The highest BCUT2D eigenvalue weighted by Crippen LogP contribution is 2.45. The summed E-state index contributed by atoms with van der Waals surface area (Å²) in [5, 5.41) is 6.90. The van der Waals surface area contributed by atoms with E-state index in [9.17, 15) is 13.2 Å². The summed E-state index contributed by atoms with van der Waals surface area (Å²) in [7, 11) is 1.54. The van der Waals surface area contributed by atoms with Gasteiger partial charge in [0.05, 0.1) is 24.8 Å². The van der Waals surface area contributed by atoms with Crippen LogP contribution in [0.1, 0.15) is 41.7 Å². The van der Waals surface area contributed by atoms with Gasteiger partial charge in [-0.15, -0.1) is 5.10 Å². The van der Waals surface area contributed by atoms with Crippen molar-refractivity contribution in [1.82, 2.24) is 44.7 Å². The molecule has 0 amide bonds. The van der Waals surface area contributed by atoms with Gasteiger partial charge in [0, 0.05) is 12.5 Å². The minimum atomic E-state index is -4.61. The molecule has 4 aromatic heterocycles. The second kappa shape index (κ2) is 9.04. The van der Waals surface area contributed by atoms with E-state index < -0.39 is 12.0 Å². The molecule has 1 fully saturated rings. The fraction of sp³-hybridized carbons (Fsp3) is 0.292. The molecule has 1 aromatic carbocycles. The maximum atomic E-state index is 13.0. The van der Waals surface area contributed by atoms with Crippen molar-refractivity contribution in [2.75, 3.05) is 12.4 Å². The SMILES string of the molecule is COc1ncnc(C2CC2)c1-c1nc(NCc2ccc(-n3nc(C(F)(F)F)nc3C)cc2)c2[nH]cnc2n1. The van der Waals surface area contributed by atoms with Crippen LogP contribution >= 0.6 is 0 Å². The number of benzene rings is 1. The molecular formula is C24H21F3N10O. The van der Waals surface area contributed by atoms with Crippen LogP contribution in [0.5, 0.6) is 5.88 Å². The zero-order valence-electron chi connectivity index (χ0n) is 20.3. The summed E-state index contributed by atoms with van der Waals surface area (Å²) in [4.78, 5) is 29.0. The number of fused-ring (bicyclic) bond motifs is 1. The first kappa shape index (κ1) is 23.8. The Bertz CT molecular complexity index is 1620. The lowest BCUT2D eigenvalue weighted by molar-refractivity contribution is -0.144. The van der Waals surface area contributed by atoms with Crippen LogP contribution in [0.25, 0.3) is 28.2 Å². The van der Waals surface area contributed by atoms with Crippen LogP contribution in [0.15, 0.2) is 36.9 Å². The number of aryl methyl sites for hydroxylation is 1. The second-order valence-electron chi connectivity index (χ2n) is 8.83. The molecule has 0 unspecified atom stereocenters. The zero-order valence-corrected chi connectivity index (χ0v) is 20.3. The quantitative estimate of drug-likeness (QED) is 0.322. The van der Waals surface area contributed by atoms with Gasteiger partial charge in [0.15, 0.2) is 17.3 Å². The number of nitrogens with zero attached hydrogens (tertiary/aromatic N) is 8. The van der Waals surface area contributed by atoms with Gasteiger partial charge in [-0.05, 0) is 37.5 Å². The van der Waals surface area contributed by atoms with Crippen molar-refractivity contribution >= 4 is 17.0 Å². The fourth-order valence-electron chi connectivity index (χ4n) is 4.18. The first-order valence-electron chi connectivity index (χ1n) is 11.8. The Kier molecular flexibility index (Phi) is 5.65. The first-order valence-corrected chi connectivity index (χ1v) is 11.8. The average molecular weight is 522 g/mol. The number of alkyl halides is 3. The number of H-pyrrole nitrogens is 1. The minimum absolute atomic E-state index is 0.143. The summed E-state index contributed by atoms with van der Waals surface area (Å²) >= 11 is 0. The van der Waals surface area contributed by atoms with Gasteiger partial charge < -0.3 is 15.0 Å². The summed E-state index contributed by atoms with van der Waals surface area (Å²) in [5.41, 5.74) is 3.95. The normalized spacial score (nSPS) is 13.7. The number of imidazole rings is 1. The maximum absolute atomic E-state index is 13.0. The third-order valence-electron chi connectivity index (χ3n) is 6.17. The summed E-state index contributed by atoms with van der Waals surface area (Å²) in [6.07, 6.45) is 0.481. The lowest BCUT2D eigenvalue weighted by Crippen LogP contribution is -2.09.